The minimum Gasteiger partial charge on any atom is -0.493 e. The molecule has 3 aromatic carbocycles. The maximum absolute atomic E-state index is 13.1. The molecule has 0 unspecified atom stereocenters. The molecule has 16 heteroatoms. The van der Waals surface area contributed by atoms with Crippen molar-refractivity contribution in [3.8, 4) is 17.2 Å². The van der Waals surface area contributed by atoms with Crippen molar-refractivity contribution in [3.05, 3.63) is 86.8 Å². The number of nitrogens with one attached hydrogen (secondary N) is 1. The fraction of sp³-hybridized carbons (Fsp3) is 0.233. The third-order valence-corrected chi connectivity index (χ3v) is 7.80. The predicted octanol–water partition coefficient (Wildman–Crippen LogP) is 5.93. The van der Waals surface area contributed by atoms with Crippen LogP contribution in [0, 0.1) is 10.1 Å². The number of nitro groups is 1. The first kappa shape index (κ1) is 32.3. The van der Waals surface area contributed by atoms with Gasteiger partial charge in [-0.2, -0.15) is 13.2 Å². The SMILES string of the molecule is COc1cc(/C=C2/SC(=O)N(CC(=O)Nc3ccc(N4CCOCC4)cc3)C2=O)ccc1Oc1ccc(C(F)(F)F)cc1[N+](=O)[O-]. The highest BCUT2D eigenvalue weighted by atomic mass is 32.2. The summed E-state index contributed by atoms with van der Waals surface area (Å²) in [6.45, 7) is 2.29. The number of carbonyl (C=O) groups excluding carboxylic acids is 3. The molecule has 2 aliphatic heterocycles. The zero-order chi connectivity index (χ0) is 33.0. The third kappa shape index (κ3) is 7.40. The van der Waals surface area contributed by atoms with E-state index in [1.165, 1.54) is 31.4 Å². The number of nitro benzene ring substituents is 1. The van der Waals surface area contributed by atoms with E-state index < -0.39 is 51.7 Å². The van der Waals surface area contributed by atoms with Gasteiger partial charge in [0.25, 0.3) is 11.1 Å². The van der Waals surface area contributed by atoms with Gasteiger partial charge in [-0.1, -0.05) is 6.07 Å². The van der Waals surface area contributed by atoms with Crippen LogP contribution in [0.5, 0.6) is 17.2 Å². The van der Waals surface area contributed by atoms with Crippen LogP contribution in [-0.2, 0) is 20.5 Å². The molecule has 46 heavy (non-hydrogen) atoms. The Bertz CT molecular complexity index is 1710. The summed E-state index contributed by atoms with van der Waals surface area (Å²) >= 11 is 0.635. The summed E-state index contributed by atoms with van der Waals surface area (Å²) in [7, 11) is 1.27. The first-order valence-corrected chi connectivity index (χ1v) is 14.4. The summed E-state index contributed by atoms with van der Waals surface area (Å²) in [4.78, 5) is 51.7. The normalized spacial score (nSPS) is 16.1. The largest absolute Gasteiger partial charge is 0.493 e. The van der Waals surface area contributed by atoms with E-state index in [1.807, 2.05) is 12.1 Å². The smallest absolute Gasteiger partial charge is 0.416 e. The number of nitrogens with zero attached hydrogens (tertiary/aromatic N) is 3. The van der Waals surface area contributed by atoms with Crippen molar-refractivity contribution >= 4 is 52.0 Å². The Morgan fingerprint density at radius 2 is 1.74 bits per heavy atom. The number of hydrogen-bond donors (Lipinski definition) is 1. The summed E-state index contributed by atoms with van der Waals surface area (Å²) in [5.41, 5.74) is -0.251. The second-order valence-corrected chi connectivity index (χ2v) is 10.9. The van der Waals surface area contributed by atoms with Gasteiger partial charge in [0.15, 0.2) is 11.5 Å². The summed E-state index contributed by atoms with van der Waals surface area (Å²) in [5, 5.41) is 13.5. The Kier molecular flexibility index (Phi) is 9.48. The van der Waals surface area contributed by atoms with Gasteiger partial charge in [0.2, 0.25) is 11.7 Å². The molecule has 0 radical (unpaired) electrons. The molecule has 0 aromatic heterocycles. The number of rotatable bonds is 9. The molecule has 0 spiro atoms. The van der Waals surface area contributed by atoms with Crippen molar-refractivity contribution in [2.24, 2.45) is 0 Å². The Morgan fingerprint density at radius 1 is 1.04 bits per heavy atom. The van der Waals surface area contributed by atoms with E-state index in [-0.39, 0.29) is 16.4 Å². The van der Waals surface area contributed by atoms with E-state index in [9.17, 15) is 37.7 Å². The average molecular weight is 659 g/mol. The average Bonchev–Trinajstić information content (AvgIpc) is 3.29. The van der Waals surface area contributed by atoms with Crippen LogP contribution in [0.4, 0.5) is 35.0 Å². The number of imide groups is 1. The number of halogens is 3. The molecule has 0 saturated carbocycles. The molecule has 3 aromatic rings. The summed E-state index contributed by atoms with van der Waals surface area (Å²) in [5.74, 6) is -1.71. The number of amides is 3. The topological polar surface area (TPSA) is 141 Å². The van der Waals surface area contributed by atoms with Crippen LogP contribution in [0.15, 0.2) is 65.6 Å². The molecule has 2 fully saturated rings. The van der Waals surface area contributed by atoms with Crippen LogP contribution < -0.4 is 19.7 Å². The lowest BCUT2D eigenvalue weighted by Gasteiger charge is -2.28. The Balaban J connectivity index is 1.25. The minimum atomic E-state index is -4.79. The quantitative estimate of drug-likeness (QED) is 0.167. The molecular weight excluding hydrogens is 633 g/mol. The lowest BCUT2D eigenvalue weighted by atomic mass is 10.1. The fourth-order valence-corrected chi connectivity index (χ4v) is 5.45. The molecule has 5 rings (SSSR count). The van der Waals surface area contributed by atoms with E-state index in [0.29, 0.717) is 48.4 Å². The van der Waals surface area contributed by atoms with Gasteiger partial charge < -0.3 is 24.4 Å². The number of thioether (sulfide) groups is 1. The van der Waals surface area contributed by atoms with Crippen LogP contribution in [-0.4, -0.2) is 66.8 Å². The Morgan fingerprint density at radius 3 is 2.39 bits per heavy atom. The van der Waals surface area contributed by atoms with Gasteiger partial charge >= 0.3 is 11.9 Å². The van der Waals surface area contributed by atoms with Crippen molar-refractivity contribution in [2.75, 3.05) is 50.2 Å². The molecule has 0 aliphatic carbocycles. The second-order valence-electron chi connectivity index (χ2n) is 9.91. The van der Waals surface area contributed by atoms with Crippen molar-refractivity contribution in [2.45, 2.75) is 6.18 Å². The third-order valence-electron chi connectivity index (χ3n) is 6.89. The Hall–Kier alpha value is -5.09. The highest BCUT2D eigenvalue weighted by Crippen LogP contribution is 2.41. The number of methoxy groups -OCH3 is 1. The number of anilines is 2. The highest BCUT2D eigenvalue weighted by Gasteiger charge is 2.37. The van der Waals surface area contributed by atoms with Crippen LogP contribution in [0.1, 0.15) is 11.1 Å². The molecule has 2 saturated heterocycles. The predicted molar refractivity (Wildman–Crippen MR) is 162 cm³/mol. The van der Waals surface area contributed by atoms with Gasteiger partial charge in [0.1, 0.15) is 6.54 Å². The van der Waals surface area contributed by atoms with E-state index in [2.05, 4.69) is 10.2 Å². The number of hydrogen-bond acceptors (Lipinski definition) is 10. The minimum absolute atomic E-state index is 0.0294. The maximum atomic E-state index is 13.1. The van der Waals surface area contributed by atoms with Gasteiger partial charge in [0.05, 0.1) is 35.7 Å². The Labute approximate surface area is 263 Å². The number of carbonyl (C=O) groups is 3. The molecule has 12 nitrogen and oxygen atoms in total. The van der Waals surface area contributed by atoms with E-state index in [4.69, 9.17) is 14.2 Å². The van der Waals surface area contributed by atoms with Gasteiger partial charge in [-0.25, -0.2) is 0 Å². The van der Waals surface area contributed by atoms with Gasteiger partial charge in [0, 0.05) is 30.5 Å². The van der Waals surface area contributed by atoms with Crippen LogP contribution >= 0.6 is 11.8 Å². The zero-order valence-electron chi connectivity index (χ0n) is 24.0. The first-order chi connectivity index (χ1) is 21.9. The van der Waals surface area contributed by atoms with Crippen molar-refractivity contribution in [1.29, 1.82) is 0 Å². The lowest BCUT2D eigenvalue weighted by Crippen LogP contribution is -2.36. The molecule has 240 valence electrons. The van der Waals surface area contributed by atoms with Crippen molar-refractivity contribution in [3.63, 3.8) is 0 Å². The van der Waals surface area contributed by atoms with Gasteiger partial charge in [-0.05, 0) is 71.9 Å². The van der Waals surface area contributed by atoms with E-state index >= 15 is 0 Å². The van der Waals surface area contributed by atoms with E-state index in [0.717, 1.165) is 29.7 Å². The lowest BCUT2D eigenvalue weighted by molar-refractivity contribution is -0.385. The number of alkyl halides is 3. The van der Waals surface area contributed by atoms with Crippen molar-refractivity contribution < 1.29 is 46.7 Å². The number of ether oxygens (including phenoxy) is 3. The summed E-state index contributed by atoms with van der Waals surface area (Å²) in [6.07, 6.45) is -3.40. The highest BCUT2D eigenvalue weighted by molar-refractivity contribution is 8.18. The maximum Gasteiger partial charge on any atom is 0.416 e. The molecule has 2 heterocycles. The van der Waals surface area contributed by atoms with Gasteiger partial charge in [-0.15, -0.1) is 0 Å². The molecule has 0 bridgehead atoms. The molecule has 0 atom stereocenters. The van der Waals surface area contributed by atoms with Crippen LogP contribution in [0.3, 0.4) is 0 Å². The molecular formula is C30H25F3N4O8S. The first-order valence-electron chi connectivity index (χ1n) is 13.6. The van der Waals surface area contributed by atoms with Crippen LogP contribution in [0.2, 0.25) is 0 Å². The standard InChI is InChI=1S/C30H25F3N4O8S/c1-43-25-14-18(2-8-24(25)45-23-9-3-19(30(31,32)33)16-22(23)37(41)42)15-26-28(39)36(29(40)46-26)17-27(38)34-20-4-6-21(7-5-20)35-10-12-44-13-11-35/h2-9,14-16H,10-13,17H2,1H3,(H,34,38)/b26-15+. The van der Waals surface area contributed by atoms with Crippen LogP contribution in [0.25, 0.3) is 6.08 Å². The molecule has 3 amide bonds. The second kappa shape index (κ2) is 13.5. The number of morpholine rings is 1. The number of benzene rings is 3. The van der Waals surface area contributed by atoms with Crippen molar-refractivity contribution in [1.82, 2.24) is 4.90 Å². The van der Waals surface area contributed by atoms with Gasteiger partial charge in [-0.3, -0.25) is 29.4 Å². The molecule has 1 N–H and O–H groups in total. The fourth-order valence-electron chi connectivity index (χ4n) is 4.61. The van der Waals surface area contributed by atoms with E-state index in [1.54, 1.807) is 12.1 Å². The monoisotopic (exact) mass is 658 g/mol. The zero-order valence-corrected chi connectivity index (χ0v) is 24.9. The molecule has 2 aliphatic rings. The summed E-state index contributed by atoms with van der Waals surface area (Å²) in [6, 6.07) is 13.2. The summed E-state index contributed by atoms with van der Waals surface area (Å²) < 4.78 is 55.3.